The van der Waals surface area contributed by atoms with Crippen LogP contribution in [0.15, 0.2) is 42.5 Å². The van der Waals surface area contributed by atoms with Crippen molar-refractivity contribution in [1.82, 2.24) is 10.2 Å². The number of benzene rings is 2. The van der Waals surface area contributed by atoms with Crippen molar-refractivity contribution in [3.05, 3.63) is 58.1 Å². The number of carbonyl (C=O) groups is 2. The second-order valence-corrected chi connectivity index (χ2v) is 9.64. The molecule has 1 aliphatic rings. The molecule has 35 heavy (non-hydrogen) atoms. The first-order valence-corrected chi connectivity index (χ1v) is 13.0. The fourth-order valence-electron chi connectivity index (χ4n) is 4.35. The lowest BCUT2D eigenvalue weighted by atomic mass is 10.1. The third-order valence-corrected chi connectivity index (χ3v) is 6.89. The zero-order chi connectivity index (χ0) is 25.2. The summed E-state index contributed by atoms with van der Waals surface area (Å²) in [6, 6.07) is 12.1. The van der Waals surface area contributed by atoms with Crippen molar-refractivity contribution in [2.24, 2.45) is 0 Å². The largest absolute Gasteiger partial charge is 0.497 e. The minimum absolute atomic E-state index is 0.104. The van der Waals surface area contributed by atoms with E-state index < -0.39 is 6.04 Å². The first-order chi connectivity index (χ1) is 16.9. The highest BCUT2D eigenvalue weighted by molar-refractivity contribution is 6.35. The molecular formula is C27H34Cl2N2O4. The number of rotatable bonds is 12. The molecule has 0 bridgehead atoms. The lowest BCUT2D eigenvalue weighted by molar-refractivity contribution is -0.141. The van der Waals surface area contributed by atoms with Gasteiger partial charge in [-0.05, 0) is 67.6 Å². The molecule has 2 aromatic rings. The summed E-state index contributed by atoms with van der Waals surface area (Å²) in [5, 5.41) is 4.15. The van der Waals surface area contributed by atoms with Gasteiger partial charge < -0.3 is 19.7 Å². The van der Waals surface area contributed by atoms with Gasteiger partial charge in [0.25, 0.3) is 0 Å². The summed E-state index contributed by atoms with van der Waals surface area (Å²) in [4.78, 5) is 28.2. The van der Waals surface area contributed by atoms with Crippen LogP contribution in [-0.2, 0) is 16.1 Å². The van der Waals surface area contributed by atoms with Crippen LogP contribution in [0.3, 0.4) is 0 Å². The molecule has 0 radical (unpaired) electrons. The van der Waals surface area contributed by atoms with E-state index in [0.717, 1.165) is 37.0 Å². The van der Waals surface area contributed by atoms with Crippen LogP contribution in [0.1, 0.15) is 57.4 Å². The fourth-order valence-corrected chi connectivity index (χ4v) is 4.82. The maximum Gasteiger partial charge on any atom is 0.243 e. The summed E-state index contributed by atoms with van der Waals surface area (Å²) in [7, 11) is 1.61. The van der Waals surface area contributed by atoms with Crippen LogP contribution in [0.25, 0.3) is 0 Å². The summed E-state index contributed by atoms with van der Waals surface area (Å²) in [6.45, 7) is 2.55. The van der Waals surface area contributed by atoms with Gasteiger partial charge in [0, 0.05) is 29.1 Å². The Morgan fingerprint density at radius 3 is 2.40 bits per heavy atom. The number of hydrogen-bond acceptors (Lipinski definition) is 4. The number of ether oxygens (including phenoxy) is 2. The van der Waals surface area contributed by atoms with Crippen molar-refractivity contribution in [2.75, 3.05) is 13.7 Å². The molecule has 1 fully saturated rings. The minimum Gasteiger partial charge on any atom is -0.497 e. The zero-order valence-electron chi connectivity index (χ0n) is 20.4. The van der Waals surface area contributed by atoms with Gasteiger partial charge in [-0.25, -0.2) is 0 Å². The van der Waals surface area contributed by atoms with Crippen molar-refractivity contribution >= 4 is 35.0 Å². The molecule has 1 aliphatic carbocycles. The van der Waals surface area contributed by atoms with Crippen LogP contribution < -0.4 is 14.8 Å². The molecule has 2 aromatic carbocycles. The molecule has 0 heterocycles. The van der Waals surface area contributed by atoms with Gasteiger partial charge in [0.2, 0.25) is 11.8 Å². The molecule has 8 heteroatoms. The van der Waals surface area contributed by atoms with E-state index in [1.54, 1.807) is 30.2 Å². The van der Waals surface area contributed by atoms with Crippen LogP contribution >= 0.6 is 23.2 Å². The van der Waals surface area contributed by atoms with Gasteiger partial charge in [0.15, 0.2) is 0 Å². The molecule has 2 amide bonds. The van der Waals surface area contributed by atoms with Crippen molar-refractivity contribution in [3.63, 3.8) is 0 Å². The Bertz CT molecular complexity index is 978. The first-order valence-electron chi connectivity index (χ1n) is 12.2. The predicted octanol–water partition coefficient (Wildman–Crippen LogP) is 6.03. The highest BCUT2D eigenvalue weighted by Gasteiger charge is 2.30. The normalized spacial score (nSPS) is 14.4. The lowest BCUT2D eigenvalue weighted by Crippen LogP contribution is -2.51. The second-order valence-electron chi connectivity index (χ2n) is 8.80. The second kappa shape index (κ2) is 13.6. The number of amides is 2. The monoisotopic (exact) mass is 520 g/mol. The van der Waals surface area contributed by atoms with E-state index in [1.165, 1.54) is 0 Å². The number of nitrogens with one attached hydrogen (secondary N) is 1. The number of halogens is 2. The summed E-state index contributed by atoms with van der Waals surface area (Å²) in [6.07, 6.45) is 5.52. The summed E-state index contributed by atoms with van der Waals surface area (Å²) in [5.74, 6) is 1.26. The summed E-state index contributed by atoms with van der Waals surface area (Å²) >= 11 is 12.5. The summed E-state index contributed by atoms with van der Waals surface area (Å²) in [5.41, 5.74) is 0.756. The quantitative estimate of drug-likeness (QED) is 0.347. The Morgan fingerprint density at radius 2 is 1.77 bits per heavy atom. The van der Waals surface area contributed by atoms with Gasteiger partial charge in [-0.1, -0.05) is 49.0 Å². The van der Waals surface area contributed by atoms with Crippen LogP contribution in [0.2, 0.25) is 10.0 Å². The van der Waals surface area contributed by atoms with Crippen molar-refractivity contribution in [1.29, 1.82) is 0 Å². The van der Waals surface area contributed by atoms with Crippen LogP contribution in [-0.4, -0.2) is 42.5 Å². The maximum atomic E-state index is 13.4. The van der Waals surface area contributed by atoms with E-state index in [1.807, 2.05) is 31.2 Å². The molecule has 3 rings (SSSR count). The van der Waals surface area contributed by atoms with Crippen LogP contribution in [0.5, 0.6) is 11.5 Å². The third-order valence-electron chi connectivity index (χ3n) is 6.31. The van der Waals surface area contributed by atoms with Crippen molar-refractivity contribution < 1.29 is 19.1 Å². The van der Waals surface area contributed by atoms with Gasteiger partial charge >= 0.3 is 0 Å². The molecule has 0 spiro atoms. The molecule has 1 saturated carbocycles. The molecular weight excluding hydrogens is 487 g/mol. The Balaban J connectivity index is 1.66. The van der Waals surface area contributed by atoms with E-state index in [0.29, 0.717) is 35.2 Å². The van der Waals surface area contributed by atoms with E-state index >= 15 is 0 Å². The predicted molar refractivity (Wildman–Crippen MR) is 139 cm³/mol. The van der Waals surface area contributed by atoms with Crippen LogP contribution in [0.4, 0.5) is 0 Å². The first kappa shape index (κ1) is 27.2. The number of carbonyl (C=O) groups excluding carboxylic acids is 2. The highest BCUT2D eigenvalue weighted by atomic mass is 35.5. The van der Waals surface area contributed by atoms with Gasteiger partial charge in [0.05, 0.1) is 13.7 Å². The number of hydrogen-bond donors (Lipinski definition) is 1. The molecule has 0 aliphatic heterocycles. The van der Waals surface area contributed by atoms with E-state index in [9.17, 15) is 9.59 Å². The molecule has 0 unspecified atom stereocenters. The zero-order valence-corrected chi connectivity index (χ0v) is 21.9. The average Bonchev–Trinajstić information content (AvgIpc) is 3.36. The molecule has 190 valence electrons. The van der Waals surface area contributed by atoms with Crippen molar-refractivity contribution in [2.45, 2.75) is 70.5 Å². The molecule has 1 N–H and O–H groups in total. The molecule has 0 aromatic heterocycles. The Hall–Kier alpha value is -2.44. The molecule has 6 nitrogen and oxygen atoms in total. The maximum absolute atomic E-state index is 13.4. The Kier molecular flexibility index (Phi) is 10.5. The van der Waals surface area contributed by atoms with Crippen LogP contribution in [0, 0.1) is 0 Å². The number of methoxy groups -OCH3 is 1. The molecule has 0 saturated heterocycles. The number of nitrogens with zero attached hydrogens (tertiary/aromatic N) is 1. The molecule has 1 atom stereocenters. The minimum atomic E-state index is -0.572. The Morgan fingerprint density at radius 1 is 1.09 bits per heavy atom. The highest BCUT2D eigenvalue weighted by Crippen LogP contribution is 2.25. The van der Waals surface area contributed by atoms with Gasteiger partial charge in [0.1, 0.15) is 17.5 Å². The standard InChI is InChI=1S/C27H34Cl2N2O4/c1-3-25(27(33)30-21-7-4-5-8-21)31(18-19-10-11-20(28)17-24(19)29)26(32)9-6-16-35-23-14-12-22(34-2)13-15-23/h10-15,17,21,25H,3-9,16,18H2,1-2H3,(H,30,33)/t25-/m1/s1. The summed E-state index contributed by atoms with van der Waals surface area (Å²) < 4.78 is 10.9. The average molecular weight is 521 g/mol. The third kappa shape index (κ3) is 8.04. The van der Waals surface area contributed by atoms with E-state index in [2.05, 4.69) is 5.32 Å². The van der Waals surface area contributed by atoms with Crippen molar-refractivity contribution in [3.8, 4) is 11.5 Å². The van der Waals surface area contributed by atoms with E-state index in [4.69, 9.17) is 32.7 Å². The topological polar surface area (TPSA) is 67.9 Å². The Labute approximate surface area is 217 Å². The lowest BCUT2D eigenvalue weighted by Gasteiger charge is -2.32. The van der Waals surface area contributed by atoms with E-state index in [-0.39, 0.29) is 30.8 Å². The van der Waals surface area contributed by atoms with Gasteiger partial charge in [-0.15, -0.1) is 0 Å². The fraction of sp³-hybridized carbons (Fsp3) is 0.481. The van der Waals surface area contributed by atoms with Gasteiger partial charge in [-0.3, -0.25) is 9.59 Å². The van der Waals surface area contributed by atoms with Gasteiger partial charge in [-0.2, -0.15) is 0 Å². The smallest absolute Gasteiger partial charge is 0.243 e. The SMILES string of the molecule is CC[C@H](C(=O)NC1CCCC1)N(Cc1ccc(Cl)cc1Cl)C(=O)CCCOc1ccc(OC)cc1.